The molecule has 0 aromatic heterocycles. The molecule has 1 amide bonds. The number of rotatable bonds is 5. The lowest BCUT2D eigenvalue weighted by molar-refractivity contribution is -0.119. The molecule has 1 heterocycles. The molecule has 1 aliphatic rings. The first kappa shape index (κ1) is 16.4. The Hall–Kier alpha value is -0.950. The van der Waals surface area contributed by atoms with Crippen LogP contribution in [0.1, 0.15) is 12.5 Å². The number of amides is 1. The molecule has 0 bridgehead atoms. The van der Waals surface area contributed by atoms with Gasteiger partial charge in [-0.1, -0.05) is 28.1 Å². The number of aliphatic hydroxyl groups is 1. The maximum atomic E-state index is 11.0. The minimum absolute atomic E-state index is 0.0600. The number of piperazine rings is 1. The molecular formula is C15H22BrN3O2. The number of carbonyl (C=O) groups excluding carboxylic acids is 1. The van der Waals surface area contributed by atoms with Gasteiger partial charge in [-0.3, -0.25) is 14.6 Å². The zero-order valence-corrected chi connectivity index (χ0v) is 13.8. The summed E-state index contributed by atoms with van der Waals surface area (Å²) in [5, 5.41) is 9.93. The van der Waals surface area contributed by atoms with Crippen LogP contribution in [-0.2, 0) is 10.3 Å². The Bertz CT molecular complexity index is 486. The van der Waals surface area contributed by atoms with Crippen LogP contribution in [0.25, 0.3) is 0 Å². The fourth-order valence-corrected chi connectivity index (χ4v) is 3.07. The van der Waals surface area contributed by atoms with E-state index in [4.69, 9.17) is 5.73 Å². The third-order valence-corrected chi connectivity index (χ3v) is 4.75. The molecule has 3 N–H and O–H groups in total. The van der Waals surface area contributed by atoms with Gasteiger partial charge < -0.3 is 10.8 Å². The SMILES string of the molecule is CC(CO)(c1ccc(Br)cc1)N1CCN(CC(N)=O)CC1. The quantitative estimate of drug-likeness (QED) is 0.817. The van der Waals surface area contributed by atoms with Crippen molar-refractivity contribution in [3.05, 3.63) is 34.3 Å². The number of carbonyl (C=O) groups is 1. The van der Waals surface area contributed by atoms with E-state index in [2.05, 4.69) is 32.7 Å². The molecule has 1 aromatic carbocycles. The molecule has 0 saturated carbocycles. The van der Waals surface area contributed by atoms with Crippen LogP contribution in [0.5, 0.6) is 0 Å². The van der Waals surface area contributed by atoms with Crippen molar-refractivity contribution in [3.63, 3.8) is 0 Å². The second-order valence-corrected chi connectivity index (χ2v) is 6.58. The zero-order valence-electron chi connectivity index (χ0n) is 12.3. The van der Waals surface area contributed by atoms with E-state index in [1.54, 1.807) is 0 Å². The normalized spacial score (nSPS) is 20.1. The number of halogens is 1. The summed E-state index contributed by atoms with van der Waals surface area (Å²) >= 11 is 3.43. The van der Waals surface area contributed by atoms with E-state index >= 15 is 0 Å². The third-order valence-electron chi connectivity index (χ3n) is 4.22. The van der Waals surface area contributed by atoms with Gasteiger partial charge in [0.25, 0.3) is 0 Å². The molecule has 0 spiro atoms. The van der Waals surface area contributed by atoms with Crippen LogP contribution in [0.3, 0.4) is 0 Å². The van der Waals surface area contributed by atoms with Gasteiger partial charge in [0, 0.05) is 30.7 Å². The monoisotopic (exact) mass is 355 g/mol. The highest BCUT2D eigenvalue weighted by Gasteiger charge is 2.35. The van der Waals surface area contributed by atoms with E-state index in [1.165, 1.54) is 0 Å². The summed E-state index contributed by atoms with van der Waals surface area (Å²) in [5.74, 6) is -0.290. The van der Waals surface area contributed by atoms with Crippen LogP contribution in [-0.4, -0.2) is 60.1 Å². The van der Waals surface area contributed by atoms with E-state index in [9.17, 15) is 9.90 Å². The smallest absolute Gasteiger partial charge is 0.231 e. The first-order valence-electron chi connectivity index (χ1n) is 7.08. The molecule has 1 unspecified atom stereocenters. The maximum absolute atomic E-state index is 11.0. The fourth-order valence-electron chi connectivity index (χ4n) is 2.80. The van der Waals surface area contributed by atoms with Crippen molar-refractivity contribution in [2.75, 3.05) is 39.3 Å². The van der Waals surface area contributed by atoms with Gasteiger partial charge in [-0.2, -0.15) is 0 Å². The lowest BCUT2D eigenvalue weighted by Gasteiger charge is -2.45. The molecule has 1 fully saturated rings. The largest absolute Gasteiger partial charge is 0.394 e. The fraction of sp³-hybridized carbons (Fsp3) is 0.533. The van der Waals surface area contributed by atoms with Crippen LogP contribution < -0.4 is 5.73 Å². The molecule has 21 heavy (non-hydrogen) atoms. The van der Waals surface area contributed by atoms with Crippen molar-refractivity contribution >= 4 is 21.8 Å². The van der Waals surface area contributed by atoms with Gasteiger partial charge in [-0.15, -0.1) is 0 Å². The standard InChI is InChI=1S/C15H22BrN3O2/c1-15(11-20,12-2-4-13(16)5-3-12)19-8-6-18(7-9-19)10-14(17)21/h2-5,20H,6-11H2,1H3,(H2,17,21). The summed E-state index contributed by atoms with van der Waals surface area (Å²) in [7, 11) is 0. The minimum atomic E-state index is -0.403. The third kappa shape index (κ3) is 3.83. The van der Waals surface area contributed by atoms with Crippen molar-refractivity contribution in [3.8, 4) is 0 Å². The second-order valence-electron chi connectivity index (χ2n) is 5.67. The average molecular weight is 356 g/mol. The van der Waals surface area contributed by atoms with E-state index in [1.807, 2.05) is 24.3 Å². The Labute approximate surface area is 133 Å². The number of hydrogen-bond donors (Lipinski definition) is 2. The molecule has 116 valence electrons. The molecule has 1 aromatic rings. The number of benzene rings is 1. The predicted octanol–water partition coefficient (Wildman–Crippen LogP) is 0.759. The van der Waals surface area contributed by atoms with Gasteiger partial charge in [0.1, 0.15) is 0 Å². The highest BCUT2D eigenvalue weighted by molar-refractivity contribution is 9.10. The first-order valence-corrected chi connectivity index (χ1v) is 7.87. The van der Waals surface area contributed by atoms with Crippen molar-refractivity contribution < 1.29 is 9.90 Å². The van der Waals surface area contributed by atoms with Crippen molar-refractivity contribution in [1.29, 1.82) is 0 Å². The minimum Gasteiger partial charge on any atom is -0.394 e. The summed E-state index contributed by atoms with van der Waals surface area (Å²) in [6.07, 6.45) is 0. The molecular weight excluding hydrogens is 334 g/mol. The molecule has 1 saturated heterocycles. The van der Waals surface area contributed by atoms with Gasteiger partial charge in [-0.05, 0) is 24.6 Å². The van der Waals surface area contributed by atoms with E-state index in [-0.39, 0.29) is 12.5 Å². The van der Waals surface area contributed by atoms with E-state index in [0.29, 0.717) is 6.54 Å². The Morgan fingerprint density at radius 1 is 1.29 bits per heavy atom. The predicted molar refractivity (Wildman–Crippen MR) is 85.8 cm³/mol. The second kappa shape index (κ2) is 6.87. The van der Waals surface area contributed by atoms with Crippen molar-refractivity contribution in [2.24, 2.45) is 5.73 Å². The van der Waals surface area contributed by atoms with Gasteiger partial charge in [-0.25, -0.2) is 0 Å². The van der Waals surface area contributed by atoms with Gasteiger partial charge in [0.15, 0.2) is 0 Å². The Morgan fingerprint density at radius 2 is 1.86 bits per heavy atom. The van der Waals surface area contributed by atoms with Crippen LogP contribution in [0.15, 0.2) is 28.7 Å². The van der Waals surface area contributed by atoms with Gasteiger partial charge >= 0.3 is 0 Å². The molecule has 5 nitrogen and oxygen atoms in total. The van der Waals surface area contributed by atoms with Gasteiger partial charge in [0.05, 0.1) is 18.7 Å². The van der Waals surface area contributed by atoms with Crippen molar-refractivity contribution in [1.82, 2.24) is 9.80 Å². The Balaban J connectivity index is 2.08. The number of aliphatic hydroxyl groups excluding tert-OH is 1. The molecule has 6 heteroatoms. The number of hydrogen-bond acceptors (Lipinski definition) is 4. The van der Waals surface area contributed by atoms with Crippen LogP contribution in [0.2, 0.25) is 0 Å². The zero-order chi connectivity index (χ0) is 15.5. The van der Waals surface area contributed by atoms with Gasteiger partial charge in [0.2, 0.25) is 5.91 Å². The Kier molecular flexibility index (Phi) is 5.37. The summed E-state index contributed by atoms with van der Waals surface area (Å²) < 4.78 is 1.03. The average Bonchev–Trinajstić information content (AvgIpc) is 2.47. The molecule has 1 aliphatic heterocycles. The van der Waals surface area contributed by atoms with Crippen molar-refractivity contribution in [2.45, 2.75) is 12.5 Å². The number of primary amides is 1. The van der Waals surface area contributed by atoms with Crippen LogP contribution in [0.4, 0.5) is 0 Å². The lowest BCUT2D eigenvalue weighted by atomic mass is 9.90. The summed E-state index contributed by atoms with van der Waals surface area (Å²) in [4.78, 5) is 15.3. The highest BCUT2D eigenvalue weighted by Crippen LogP contribution is 2.29. The van der Waals surface area contributed by atoms with E-state index in [0.717, 1.165) is 36.2 Å². The molecule has 0 aliphatic carbocycles. The highest BCUT2D eigenvalue weighted by atomic mass is 79.9. The Morgan fingerprint density at radius 3 is 2.33 bits per heavy atom. The summed E-state index contributed by atoms with van der Waals surface area (Å²) in [5.41, 5.74) is 5.93. The molecule has 1 atom stereocenters. The summed E-state index contributed by atoms with van der Waals surface area (Å²) in [6.45, 7) is 5.61. The van der Waals surface area contributed by atoms with Crippen LogP contribution >= 0.6 is 15.9 Å². The van der Waals surface area contributed by atoms with Crippen LogP contribution in [0, 0.1) is 0 Å². The molecule has 0 radical (unpaired) electrons. The number of nitrogens with two attached hydrogens (primary N) is 1. The maximum Gasteiger partial charge on any atom is 0.231 e. The first-order chi connectivity index (χ1) is 9.95. The topological polar surface area (TPSA) is 69.8 Å². The lowest BCUT2D eigenvalue weighted by Crippen LogP contribution is -2.56. The molecule has 2 rings (SSSR count). The number of nitrogens with zero attached hydrogens (tertiary/aromatic N) is 2. The van der Waals surface area contributed by atoms with E-state index < -0.39 is 5.54 Å². The summed E-state index contributed by atoms with van der Waals surface area (Å²) in [6, 6.07) is 8.06.